The van der Waals surface area contributed by atoms with Gasteiger partial charge in [0.25, 0.3) is 0 Å². The van der Waals surface area contributed by atoms with Gasteiger partial charge in [-0.05, 0) is 42.0 Å². The Bertz CT molecular complexity index is 275. The van der Waals surface area contributed by atoms with Crippen LogP contribution in [-0.4, -0.2) is 38.1 Å². The lowest BCUT2D eigenvalue weighted by atomic mass is 10.3. The van der Waals surface area contributed by atoms with Crippen molar-refractivity contribution >= 4 is 27.3 Å². The zero-order valence-corrected chi connectivity index (χ0v) is 11.8. The standard InChI is InChI=1S/C11H19BrN2S/c1-3-13-5-7-14(2)6-4-11-8-10(12)9-15-11/h8-9,13H,3-7H2,1-2H3. The van der Waals surface area contributed by atoms with Gasteiger partial charge in [-0.1, -0.05) is 6.92 Å². The van der Waals surface area contributed by atoms with Crippen LogP contribution in [-0.2, 0) is 6.42 Å². The minimum absolute atomic E-state index is 1.06. The third-order valence-electron chi connectivity index (χ3n) is 2.28. The van der Waals surface area contributed by atoms with Gasteiger partial charge in [-0.2, -0.15) is 0 Å². The molecule has 1 rings (SSSR count). The monoisotopic (exact) mass is 290 g/mol. The molecule has 0 bridgehead atoms. The van der Waals surface area contributed by atoms with E-state index in [1.54, 1.807) is 0 Å². The number of nitrogens with one attached hydrogen (secondary N) is 1. The summed E-state index contributed by atoms with van der Waals surface area (Å²) in [5.41, 5.74) is 0. The molecule has 86 valence electrons. The van der Waals surface area contributed by atoms with Gasteiger partial charge in [-0.25, -0.2) is 0 Å². The molecule has 0 aliphatic rings. The van der Waals surface area contributed by atoms with Gasteiger partial charge in [-0.15, -0.1) is 11.3 Å². The van der Waals surface area contributed by atoms with Crippen molar-refractivity contribution in [3.8, 4) is 0 Å². The van der Waals surface area contributed by atoms with Crippen LogP contribution in [0.3, 0.4) is 0 Å². The molecule has 15 heavy (non-hydrogen) atoms. The maximum Gasteiger partial charge on any atom is 0.0285 e. The van der Waals surface area contributed by atoms with E-state index in [4.69, 9.17) is 0 Å². The highest BCUT2D eigenvalue weighted by Crippen LogP contribution is 2.20. The molecule has 0 aromatic carbocycles. The Morgan fingerprint density at radius 3 is 2.87 bits per heavy atom. The second-order valence-corrected chi connectivity index (χ2v) is 5.55. The molecule has 4 heteroatoms. The van der Waals surface area contributed by atoms with Crippen LogP contribution in [0.25, 0.3) is 0 Å². The number of hydrogen-bond acceptors (Lipinski definition) is 3. The fraction of sp³-hybridized carbons (Fsp3) is 0.636. The Kier molecular flexibility index (Phi) is 6.48. The lowest BCUT2D eigenvalue weighted by Gasteiger charge is -2.15. The molecule has 0 amide bonds. The summed E-state index contributed by atoms with van der Waals surface area (Å²) in [6, 6.07) is 2.21. The first-order valence-corrected chi connectivity index (χ1v) is 7.01. The fourth-order valence-electron chi connectivity index (χ4n) is 1.34. The molecule has 0 saturated carbocycles. The lowest BCUT2D eigenvalue weighted by molar-refractivity contribution is 0.337. The van der Waals surface area contributed by atoms with E-state index in [0.717, 1.165) is 32.6 Å². The first-order valence-electron chi connectivity index (χ1n) is 5.34. The van der Waals surface area contributed by atoms with Gasteiger partial charge in [0.05, 0.1) is 0 Å². The maximum atomic E-state index is 3.48. The summed E-state index contributed by atoms with van der Waals surface area (Å²) in [5, 5.41) is 5.48. The van der Waals surface area contributed by atoms with Crippen molar-refractivity contribution in [3.05, 3.63) is 20.8 Å². The highest BCUT2D eigenvalue weighted by Gasteiger charge is 2.01. The van der Waals surface area contributed by atoms with Crippen LogP contribution < -0.4 is 5.32 Å². The molecule has 1 heterocycles. The number of hydrogen-bond donors (Lipinski definition) is 1. The van der Waals surface area contributed by atoms with Crippen LogP contribution in [0.4, 0.5) is 0 Å². The van der Waals surface area contributed by atoms with Crippen LogP contribution in [0.15, 0.2) is 15.9 Å². The van der Waals surface area contributed by atoms with Gasteiger partial charge < -0.3 is 10.2 Å². The normalized spacial score (nSPS) is 11.2. The Balaban J connectivity index is 2.13. The second-order valence-electron chi connectivity index (χ2n) is 3.64. The van der Waals surface area contributed by atoms with Crippen molar-refractivity contribution in [1.29, 1.82) is 0 Å². The molecule has 1 aromatic heterocycles. The summed E-state index contributed by atoms with van der Waals surface area (Å²) >= 11 is 5.31. The molecule has 1 aromatic rings. The Labute approximate surface area is 105 Å². The third-order valence-corrected chi connectivity index (χ3v) is 4.04. The zero-order valence-electron chi connectivity index (χ0n) is 9.42. The highest BCUT2D eigenvalue weighted by atomic mass is 79.9. The molecule has 0 radical (unpaired) electrons. The van der Waals surface area contributed by atoms with Gasteiger partial charge in [0, 0.05) is 34.4 Å². The van der Waals surface area contributed by atoms with E-state index in [9.17, 15) is 0 Å². The number of thiophene rings is 1. The van der Waals surface area contributed by atoms with Gasteiger partial charge in [0.15, 0.2) is 0 Å². The van der Waals surface area contributed by atoms with Crippen molar-refractivity contribution in [2.75, 3.05) is 33.2 Å². The molecule has 0 saturated heterocycles. The second kappa shape index (κ2) is 7.39. The summed E-state index contributed by atoms with van der Waals surface area (Å²) in [4.78, 5) is 3.83. The van der Waals surface area contributed by atoms with Gasteiger partial charge in [0.2, 0.25) is 0 Å². The summed E-state index contributed by atoms with van der Waals surface area (Å²) in [6.45, 7) is 6.55. The molecule has 0 spiro atoms. The molecule has 0 atom stereocenters. The van der Waals surface area contributed by atoms with Crippen LogP contribution in [0.5, 0.6) is 0 Å². The van der Waals surface area contributed by atoms with E-state index >= 15 is 0 Å². The van der Waals surface area contributed by atoms with Crippen LogP contribution in [0.2, 0.25) is 0 Å². The summed E-state index contributed by atoms with van der Waals surface area (Å²) < 4.78 is 1.21. The molecule has 0 unspecified atom stereocenters. The predicted molar refractivity (Wildman–Crippen MR) is 71.8 cm³/mol. The maximum absolute atomic E-state index is 3.48. The van der Waals surface area contributed by atoms with E-state index in [-0.39, 0.29) is 0 Å². The molecular formula is C11H19BrN2S. The van der Waals surface area contributed by atoms with Crippen LogP contribution >= 0.6 is 27.3 Å². The predicted octanol–water partition coefficient (Wildman–Crippen LogP) is 2.59. The third kappa shape index (κ3) is 5.66. The highest BCUT2D eigenvalue weighted by molar-refractivity contribution is 9.10. The zero-order chi connectivity index (χ0) is 11.1. The summed E-state index contributed by atoms with van der Waals surface area (Å²) in [5.74, 6) is 0. The number of rotatable bonds is 7. The fourth-order valence-corrected chi connectivity index (χ4v) is 2.79. The first-order chi connectivity index (χ1) is 7.22. The van der Waals surface area contributed by atoms with Crippen LogP contribution in [0.1, 0.15) is 11.8 Å². The molecule has 0 fully saturated rings. The van der Waals surface area contributed by atoms with E-state index in [0.29, 0.717) is 0 Å². The van der Waals surface area contributed by atoms with Crippen molar-refractivity contribution < 1.29 is 0 Å². The van der Waals surface area contributed by atoms with E-state index in [2.05, 4.69) is 51.6 Å². The van der Waals surface area contributed by atoms with Crippen LogP contribution in [0, 0.1) is 0 Å². The smallest absolute Gasteiger partial charge is 0.0285 e. The average Bonchev–Trinajstić information content (AvgIpc) is 2.62. The van der Waals surface area contributed by atoms with Gasteiger partial charge in [-0.3, -0.25) is 0 Å². The van der Waals surface area contributed by atoms with E-state index in [1.807, 2.05) is 11.3 Å². The molecule has 1 N–H and O–H groups in total. The topological polar surface area (TPSA) is 15.3 Å². The minimum Gasteiger partial charge on any atom is -0.316 e. The Morgan fingerprint density at radius 1 is 1.47 bits per heavy atom. The number of halogens is 1. The lowest BCUT2D eigenvalue weighted by Crippen LogP contribution is -2.30. The first kappa shape index (κ1) is 13.2. The largest absolute Gasteiger partial charge is 0.316 e. The van der Waals surface area contributed by atoms with Crippen molar-refractivity contribution in [1.82, 2.24) is 10.2 Å². The average molecular weight is 291 g/mol. The minimum atomic E-state index is 1.06. The summed E-state index contributed by atoms with van der Waals surface area (Å²) in [7, 11) is 2.18. The van der Waals surface area contributed by atoms with E-state index in [1.165, 1.54) is 9.35 Å². The van der Waals surface area contributed by atoms with Gasteiger partial charge >= 0.3 is 0 Å². The summed E-state index contributed by atoms with van der Waals surface area (Å²) in [6.07, 6.45) is 1.15. The Morgan fingerprint density at radius 2 is 2.27 bits per heavy atom. The Hall–Kier alpha value is 0.1000. The van der Waals surface area contributed by atoms with Crippen molar-refractivity contribution in [2.24, 2.45) is 0 Å². The SMILES string of the molecule is CCNCCN(C)CCc1cc(Br)cs1. The molecule has 0 aliphatic carbocycles. The van der Waals surface area contributed by atoms with Gasteiger partial charge in [0.1, 0.15) is 0 Å². The quantitative estimate of drug-likeness (QED) is 0.777. The molecular weight excluding hydrogens is 272 g/mol. The van der Waals surface area contributed by atoms with Crippen molar-refractivity contribution in [2.45, 2.75) is 13.3 Å². The molecule has 2 nitrogen and oxygen atoms in total. The number of nitrogens with zero attached hydrogens (tertiary/aromatic N) is 1. The number of likely N-dealkylation sites (N-methyl/N-ethyl adjacent to an activating group) is 2. The molecule has 0 aliphatic heterocycles. The van der Waals surface area contributed by atoms with Crippen molar-refractivity contribution in [3.63, 3.8) is 0 Å². The van der Waals surface area contributed by atoms with E-state index < -0.39 is 0 Å².